The molecule has 0 amide bonds. The van der Waals surface area contributed by atoms with Crippen molar-refractivity contribution in [2.24, 2.45) is 0 Å². The van der Waals surface area contributed by atoms with Crippen LogP contribution in [0.2, 0.25) is 0 Å². The number of aromatic nitrogens is 3. The van der Waals surface area contributed by atoms with Gasteiger partial charge in [-0.1, -0.05) is 18.2 Å². The van der Waals surface area contributed by atoms with Crippen LogP contribution in [0, 0.1) is 0 Å². The maximum absolute atomic E-state index is 12.9. The van der Waals surface area contributed by atoms with E-state index in [0.29, 0.717) is 18.9 Å². The fourth-order valence-electron chi connectivity index (χ4n) is 2.94. The van der Waals surface area contributed by atoms with E-state index in [0.717, 1.165) is 22.2 Å². The average molecular weight is 396 g/mol. The zero-order chi connectivity index (χ0) is 19.6. The second-order valence-electron chi connectivity index (χ2n) is 6.28. The Hall–Kier alpha value is -3.10. The molecular formula is C20H20N4O3S. The van der Waals surface area contributed by atoms with Crippen LogP contribution in [-0.4, -0.2) is 29.8 Å². The van der Waals surface area contributed by atoms with Gasteiger partial charge in [0.15, 0.2) is 0 Å². The predicted octanol–water partition coefficient (Wildman–Crippen LogP) is 3.69. The molecule has 4 rings (SSSR count). The summed E-state index contributed by atoms with van der Waals surface area (Å²) in [5, 5.41) is 4.80. The largest absolute Gasteiger partial charge is 0.375 e. The number of ether oxygens (including phenoxy) is 1. The normalized spacial score (nSPS) is 11.8. The Bertz CT molecular complexity index is 1190. The van der Waals surface area contributed by atoms with Crippen LogP contribution < -0.4 is 4.72 Å². The summed E-state index contributed by atoms with van der Waals surface area (Å²) in [5.41, 5.74) is 2.19. The molecule has 2 heterocycles. The van der Waals surface area contributed by atoms with E-state index in [1.165, 1.54) is 0 Å². The number of pyridine rings is 1. The average Bonchev–Trinajstić information content (AvgIpc) is 2.67. The molecule has 0 saturated heterocycles. The zero-order valence-electron chi connectivity index (χ0n) is 15.3. The van der Waals surface area contributed by atoms with Gasteiger partial charge in [-0.2, -0.15) is 0 Å². The summed E-state index contributed by atoms with van der Waals surface area (Å²) in [7, 11) is -3.74. The molecule has 2 aromatic carbocycles. The summed E-state index contributed by atoms with van der Waals surface area (Å²) in [6.45, 7) is 3.08. The first-order valence-electron chi connectivity index (χ1n) is 8.87. The summed E-state index contributed by atoms with van der Waals surface area (Å²) in [6.07, 6.45) is 5.23. The highest BCUT2D eigenvalue weighted by atomic mass is 32.2. The van der Waals surface area contributed by atoms with Crippen LogP contribution in [0.4, 0.5) is 5.69 Å². The van der Waals surface area contributed by atoms with Crippen LogP contribution in [0.25, 0.3) is 16.5 Å². The molecule has 8 heteroatoms. The highest BCUT2D eigenvalue weighted by Crippen LogP contribution is 2.25. The molecule has 0 atom stereocenters. The molecule has 0 radical (unpaired) electrons. The van der Waals surface area contributed by atoms with Crippen molar-refractivity contribution in [3.63, 3.8) is 0 Å². The molecule has 0 saturated carbocycles. The molecule has 28 heavy (non-hydrogen) atoms. The third-order valence-corrected chi connectivity index (χ3v) is 5.71. The van der Waals surface area contributed by atoms with Crippen molar-refractivity contribution in [3.8, 4) is 5.69 Å². The Morgan fingerprint density at radius 2 is 2.00 bits per heavy atom. The number of anilines is 1. The molecule has 7 nitrogen and oxygen atoms in total. The van der Waals surface area contributed by atoms with Crippen LogP contribution in [0.1, 0.15) is 12.6 Å². The number of fused-ring (bicyclic) bond motifs is 1. The first-order valence-corrected chi connectivity index (χ1v) is 10.3. The van der Waals surface area contributed by atoms with Crippen molar-refractivity contribution >= 4 is 26.5 Å². The van der Waals surface area contributed by atoms with Gasteiger partial charge in [0.1, 0.15) is 0 Å². The van der Waals surface area contributed by atoms with Gasteiger partial charge in [-0.25, -0.2) is 8.42 Å². The lowest BCUT2D eigenvalue weighted by Gasteiger charge is -2.17. The maximum Gasteiger partial charge on any atom is 0.261 e. The second-order valence-corrected chi connectivity index (χ2v) is 7.96. The highest BCUT2D eigenvalue weighted by molar-refractivity contribution is 7.92. The minimum atomic E-state index is -3.74. The van der Waals surface area contributed by atoms with Gasteiger partial charge in [-0.05, 0) is 37.3 Å². The lowest BCUT2D eigenvalue weighted by molar-refractivity contribution is 0.127. The van der Waals surface area contributed by atoms with Crippen molar-refractivity contribution in [3.05, 3.63) is 72.8 Å². The van der Waals surface area contributed by atoms with Crippen LogP contribution in [0.15, 0.2) is 72.0 Å². The third kappa shape index (κ3) is 3.64. The number of H-pyrrole nitrogens is 1. The predicted molar refractivity (Wildman–Crippen MR) is 108 cm³/mol. The van der Waals surface area contributed by atoms with Crippen LogP contribution in [0.5, 0.6) is 0 Å². The van der Waals surface area contributed by atoms with Gasteiger partial charge >= 0.3 is 0 Å². The van der Waals surface area contributed by atoms with E-state index < -0.39 is 10.0 Å². The van der Waals surface area contributed by atoms with Crippen molar-refractivity contribution < 1.29 is 13.2 Å². The third-order valence-electron chi connectivity index (χ3n) is 4.34. The smallest absolute Gasteiger partial charge is 0.261 e. The molecule has 2 N–H and O–H groups in total. The minimum Gasteiger partial charge on any atom is -0.375 e. The van der Waals surface area contributed by atoms with Crippen molar-refractivity contribution in [1.82, 2.24) is 14.8 Å². The first kappa shape index (κ1) is 18.3. The Morgan fingerprint density at radius 1 is 1.18 bits per heavy atom. The van der Waals surface area contributed by atoms with Crippen LogP contribution >= 0.6 is 0 Å². The van der Waals surface area contributed by atoms with Crippen LogP contribution in [-0.2, 0) is 21.4 Å². The Labute approximate surface area is 163 Å². The number of nitrogens with zero attached hydrogens (tertiary/aromatic N) is 2. The first-order chi connectivity index (χ1) is 13.6. The molecule has 0 unspecified atom stereocenters. The summed E-state index contributed by atoms with van der Waals surface area (Å²) < 4.78 is 35.6. The number of hydrogen-bond acceptors (Lipinski definition) is 4. The Kier molecular flexibility index (Phi) is 4.89. The molecule has 144 valence electrons. The van der Waals surface area contributed by atoms with Gasteiger partial charge in [0.2, 0.25) is 0 Å². The second kappa shape index (κ2) is 7.49. The van der Waals surface area contributed by atoms with Gasteiger partial charge in [0.25, 0.3) is 10.0 Å². The number of aromatic amines is 1. The van der Waals surface area contributed by atoms with E-state index in [4.69, 9.17) is 4.74 Å². The van der Waals surface area contributed by atoms with E-state index in [9.17, 15) is 8.42 Å². The number of nitrogens with one attached hydrogen (secondary N) is 2. The summed E-state index contributed by atoms with van der Waals surface area (Å²) >= 11 is 0. The fraction of sp³-hybridized carbons (Fsp3) is 0.150. The van der Waals surface area contributed by atoms with Gasteiger partial charge in [-0.3, -0.25) is 19.5 Å². The summed E-state index contributed by atoms with van der Waals surface area (Å²) in [6, 6.07) is 14.0. The monoisotopic (exact) mass is 396 g/mol. The topological polar surface area (TPSA) is 89.0 Å². The Morgan fingerprint density at radius 3 is 2.82 bits per heavy atom. The van der Waals surface area contributed by atoms with E-state index in [2.05, 4.69) is 14.8 Å². The molecule has 2 aromatic heterocycles. The quantitative estimate of drug-likeness (QED) is 0.499. The van der Waals surface area contributed by atoms with Gasteiger partial charge in [0, 0.05) is 29.8 Å². The molecule has 0 bridgehead atoms. The van der Waals surface area contributed by atoms with Crippen molar-refractivity contribution in [2.45, 2.75) is 18.4 Å². The standard InChI is InChI=1S/C20H20N4O3S/c1-2-27-14-16-13-24(22-16)17-6-4-7-18(11-17)28(25,26)23-20-8-3-5-15-12-21-10-9-19(15)20/h3-13,22-23H,2,14H2,1H3. The molecule has 4 aromatic rings. The van der Waals surface area contributed by atoms with Crippen molar-refractivity contribution in [2.75, 3.05) is 11.3 Å². The highest BCUT2D eigenvalue weighted by Gasteiger charge is 2.17. The number of benzene rings is 2. The SMILES string of the molecule is CCOCc1cn(-c2cccc(S(=O)(=O)Nc3cccc4cnccc34)c2)[nH]1. The number of sulfonamides is 1. The number of rotatable bonds is 7. The van der Waals surface area contributed by atoms with Gasteiger partial charge < -0.3 is 4.74 Å². The Balaban J connectivity index is 1.60. The fourth-order valence-corrected chi connectivity index (χ4v) is 4.06. The van der Waals surface area contributed by atoms with Gasteiger partial charge in [-0.15, -0.1) is 0 Å². The summed E-state index contributed by atoms with van der Waals surface area (Å²) in [4.78, 5) is 4.26. The maximum atomic E-state index is 12.9. The summed E-state index contributed by atoms with van der Waals surface area (Å²) in [5.74, 6) is 0. The lowest BCUT2D eigenvalue weighted by Crippen LogP contribution is -2.15. The molecule has 0 aliphatic carbocycles. The van der Waals surface area contributed by atoms with E-state index in [-0.39, 0.29) is 4.90 Å². The number of hydrogen-bond donors (Lipinski definition) is 2. The van der Waals surface area contributed by atoms with E-state index in [1.54, 1.807) is 53.5 Å². The lowest BCUT2D eigenvalue weighted by atomic mass is 10.1. The molecule has 0 aliphatic rings. The van der Waals surface area contributed by atoms with E-state index in [1.807, 2.05) is 25.3 Å². The minimum absolute atomic E-state index is 0.185. The van der Waals surface area contributed by atoms with Crippen LogP contribution in [0.3, 0.4) is 0 Å². The van der Waals surface area contributed by atoms with E-state index >= 15 is 0 Å². The molecule has 0 fully saturated rings. The molecule has 0 aliphatic heterocycles. The zero-order valence-corrected chi connectivity index (χ0v) is 16.1. The van der Waals surface area contributed by atoms with Crippen molar-refractivity contribution in [1.29, 1.82) is 0 Å². The molecular weight excluding hydrogens is 376 g/mol. The van der Waals surface area contributed by atoms with Gasteiger partial charge in [0.05, 0.1) is 34.8 Å². The molecule has 0 spiro atoms.